The van der Waals surface area contributed by atoms with Crippen LogP contribution >= 0.6 is 0 Å². The molecule has 0 aromatic heterocycles. The van der Waals surface area contributed by atoms with Crippen molar-refractivity contribution in [1.29, 1.82) is 0 Å². The minimum atomic E-state index is 0.0974. The fourth-order valence-electron chi connectivity index (χ4n) is 2.50. The Morgan fingerprint density at radius 3 is 2.05 bits per heavy atom. The van der Waals surface area contributed by atoms with Gasteiger partial charge in [0.25, 0.3) is 5.91 Å². The molecule has 2 aromatic carbocycles. The van der Waals surface area contributed by atoms with Crippen molar-refractivity contribution in [2.75, 3.05) is 6.54 Å². The summed E-state index contributed by atoms with van der Waals surface area (Å²) in [4.78, 5) is 14.5. The van der Waals surface area contributed by atoms with Crippen LogP contribution in [0.3, 0.4) is 0 Å². The molecule has 0 aliphatic heterocycles. The molecule has 0 aliphatic rings. The predicted molar refractivity (Wildman–Crippen MR) is 87.5 cm³/mol. The molecule has 0 heterocycles. The molecule has 0 aliphatic carbocycles. The Hall–Kier alpha value is -2.09. The van der Waals surface area contributed by atoms with E-state index in [9.17, 15) is 4.79 Å². The Morgan fingerprint density at radius 2 is 1.52 bits per heavy atom. The molecule has 0 saturated heterocycles. The predicted octanol–water partition coefficient (Wildman–Crippen LogP) is 4.27. The van der Waals surface area contributed by atoms with Gasteiger partial charge in [0.1, 0.15) is 0 Å². The molecule has 0 bridgehead atoms. The van der Waals surface area contributed by atoms with Crippen molar-refractivity contribution in [3.63, 3.8) is 0 Å². The second-order valence-corrected chi connectivity index (χ2v) is 5.56. The highest BCUT2D eigenvalue weighted by Crippen LogP contribution is 2.17. The highest BCUT2D eigenvalue weighted by molar-refractivity contribution is 5.94. The molecule has 0 saturated carbocycles. The quantitative estimate of drug-likeness (QED) is 0.819. The number of rotatable bonds is 4. The van der Waals surface area contributed by atoms with Crippen LogP contribution in [0, 0.1) is 20.8 Å². The molecule has 0 fully saturated rings. The van der Waals surface area contributed by atoms with Gasteiger partial charge < -0.3 is 4.90 Å². The monoisotopic (exact) mass is 281 g/mol. The topological polar surface area (TPSA) is 20.3 Å². The fourth-order valence-corrected chi connectivity index (χ4v) is 2.50. The van der Waals surface area contributed by atoms with Gasteiger partial charge in [0.05, 0.1) is 0 Å². The van der Waals surface area contributed by atoms with E-state index in [-0.39, 0.29) is 5.91 Å². The van der Waals surface area contributed by atoms with Crippen LogP contribution in [0.15, 0.2) is 42.5 Å². The average Bonchev–Trinajstić information content (AvgIpc) is 2.47. The molecule has 2 nitrogen and oxygen atoms in total. The number of aryl methyl sites for hydroxylation is 3. The minimum Gasteiger partial charge on any atom is -0.335 e. The Kier molecular flexibility index (Phi) is 4.79. The highest BCUT2D eigenvalue weighted by atomic mass is 16.2. The summed E-state index contributed by atoms with van der Waals surface area (Å²) in [5.74, 6) is 0.0974. The van der Waals surface area contributed by atoms with Crippen LogP contribution in [-0.2, 0) is 6.54 Å². The number of amides is 1. The lowest BCUT2D eigenvalue weighted by molar-refractivity contribution is 0.0752. The Morgan fingerprint density at radius 1 is 0.952 bits per heavy atom. The van der Waals surface area contributed by atoms with Crippen LogP contribution < -0.4 is 0 Å². The van der Waals surface area contributed by atoms with E-state index in [1.807, 2.05) is 43.0 Å². The lowest BCUT2D eigenvalue weighted by atomic mass is 10.0. The van der Waals surface area contributed by atoms with Crippen LogP contribution in [0.25, 0.3) is 0 Å². The Bertz CT molecular complexity index is 608. The molecule has 2 rings (SSSR count). The summed E-state index contributed by atoms with van der Waals surface area (Å²) in [6.07, 6.45) is 0. The molecule has 2 heteroatoms. The van der Waals surface area contributed by atoms with Crippen LogP contribution in [-0.4, -0.2) is 17.4 Å². The maximum absolute atomic E-state index is 12.6. The van der Waals surface area contributed by atoms with Gasteiger partial charge >= 0.3 is 0 Å². The molecule has 110 valence electrons. The van der Waals surface area contributed by atoms with Gasteiger partial charge in [0.15, 0.2) is 0 Å². The summed E-state index contributed by atoms with van der Waals surface area (Å²) in [6, 6.07) is 14.1. The molecule has 0 radical (unpaired) electrons. The van der Waals surface area contributed by atoms with Crippen molar-refractivity contribution >= 4 is 5.91 Å². The molecule has 1 amide bonds. The maximum Gasteiger partial charge on any atom is 0.254 e. The summed E-state index contributed by atoms with van der Waals surface area (Å²) in [5, 5.41) is 0. The molecule has 0 unspecified atom stereocenters. The maximum atomic E-state index is 12.6. The average molecular weight is 281 g/mol. The smallest absolute Gasteiger partial charge is 0.254 e. The van der Waals surface area contributed by atoms with Crippen molar-refractivity contribution in [2.45, 2.75) is 34.2 Å². The summed E-state index contributed by atoms with van der Waals surface area (Å²) >= 11 is 0. The zero-order chi connectivity index (χ0) is 15.4. The molecule has 21 heavy (non-hydrogen) atoms. The first-order chi connectivity index (χ1) is 10.0. The van der Waals surface area contributed by atoms with Gasteiger partial charge in [-0.25, -0.2) is 0 Å². The van der Waals surface area contributed by atoms with Crippen LogP contribution in [0.1, 0.15) is 39.5 Å². The van der Waals surface area contributed by atoms with E-state index in [0.29, 0.717) is 13.1 Å². The minimum absolute atomic E-state index is 0.0974. The lowest BCUT2D eigenvalue weighted by Crippen LogP contribution is -2.30. The largest absolute Gasteiger partial charge is 0.335 e. The third-order valence-electron chi connectivity index (χ3n) is 3.96. The van der Waals surface area contributed by atoms with E-state index >= 15 is 0 Å². The van der Waals surface area contributed by atoms with E-state index in [0.717, 1.165) is 5.56 Å². The SMILES string of the molecule is CCN(Cc1c(C)cccc1C)C(=O)c1ccc(C)cc1. The molecule has 0 N–H and O–H groups in total. The lowest BCUT2D eigenvalue weighted by Gasteiger charge is -2.23. The second kappa shape index (κ2) is 6.57. The fraction of sp³-hybridized carbons (Fsp3) is 0.316. The number of carbonyl (C=O) groups excluding carboxylic acids is 1. The van der Waals surface area contributed by atoms with Gasteiger partial charge in [-0.1, -0.05) is 35.9 Å². The molecular formula is C19H23NO. The highest BCUT2D eigenvalue weighted by Gasteiger charge is 2.16. The first kappa shape index (κ1) is 15.3. The summed E-state index contributed by atoms with van der Waals surface area (Å²) in [5.41, 5.74) is 5.66. The molecule has 2 aromatic rings. The number of benzene rings is 2. The van der Waals surface area contributed by atoms with E-state index in [2.05, 4.69) is 32.0 Å². The first-order valence-corrected chi connectivity index (χ1v) is 7.44. The van der Waals surface area contributed by atoms with Crippen LogP contribution in [0.4, 0.5) is 0 Å². The zero-order valence-electron chi connectivity index (χ0n) is 13.3. The number of hydrogen-bond donors (Lipinski definition) is 0. The Balaban J connectivity index is 2.24. The van der Waals surface area contributed by atoms with Crippen LogP contribution in [0.5, 0.6) is 0 Å². The number of nitrogens with zero attached hydrogens (tertiary/aromatic N) is 1. The van der Waals surface area contributed by atoms with E-state index < -0.39 is 0 Å². The standard InChI is InChI=1S/C19H23NO/c1-5-20(13-18-15(3)7-6-8-16(18)4)19(21)17-11-9-14(2)10-12-17/h6-12H,5,13H2,1-4H3. The number of hydrogen-bond acceptors (Lipinski definition) is 1. The van der Waals surface area contributed by atoms with Crippen molar-refractivity contribution in [3.8, 4) is 0 Å². The second-order valence-electron chi connectivity index (χ2n) is 5.56. The van der Waals surface area contributed by atoms with Gasteiger partial charge in [-0.15, -0.1) is 0 Å². The zero-order valence-corrected chi connectivity index (χ0v) is 13.3. The summed E-state index contributed by atoms with van der Waals surface area (Å²) in [6.45, 7) is 9.64. The summed E-state index contributed by atoms with van der Waals surface area (Å²) < 4.78 is 0. The first-order valence-electron chi connectivity index (χ1n) is 7.44. The summed E-state index contributed by atoms with van der Waals surface area (Å²) in [7, 11) is 0. The van der Waals surface area contributed by atoms with E-state index in [1.54, 1.807) is 0 Å². The van der Waals surface area contributed by atoms with Crippen LogP contribution in [0.2, 0.25) is 0 Å². The van der Waals surface area contributed by atoms with Gasteiger partial charge in [-0.2, -0.15) is 0 Å². The van der Waals surface area contributed by atoms with Crippen molar-refractivity contribution in [1.82, 2.24) is 4.90 Å². The van der Waals surface area contributed by atoms with Gasteiger partial charge in [0.2, 0.25) is 0 Å². The van der Waals surface area contributed by atoms with Gasteiger partial charge in [0, 0.05) is 18.7 Å². The normalized spacial score (nSPS) is 10.5. The molecular weight excluding hydrogens is 258 g/mol. The third kappa shape index (κ3) is 3.52. The number of carbonyl (C=O) groups is 1. The van der Waals surface area contributed by atoms with E-state index in [4.69, 9.17) is 0 Å². The Labute approximate surface area is 127 Å². The van der Waals surface area contributed by atoms with Crippen molar-refractivity contribution < 1.29 is 4.79 Å². The van der Waals surface area contributed by atoms with Gasteiger partial charge in [-0.05, 0) is 56.5 Å². The molecule has 0 atom stereocenters. The van der Waals surface area contributed by atoms with Gasteiger partial charge in [-0.3, -0.25) is 4.79 Å². The van der Waals surface area contributed by atoms with Crippen molar-refractivity contribution in [3.05, 3.63) is 70.3 Å². The molecule has 0 spiro atoms. The van der Waals surface area contributed by atoms with E-state index in [1.165, 1.54) is 22.3 Å². The third-order valence-corrected chi connectivity index (χ3v) is 3.96. The van der Waals surface area contributed by atoms with Crippen molar-refractivity contribution in [2.24, 2.45) is 0 Å².